The van der Waals surface area contributed by atoms with Gasteiger partial charge in [0, 0.05) is 23.5 Å². The van der Waals surface area contributed by atoms with Crippen LogP contribution in [0, 0.1) is 0 Å². The van der Waals surface area contributed by atoms with E-state index in [1.54, 1.807) is 12.3 Å². The first-order valence-corrected chi connectivity index (χ1v) is 12.6. The van der Waals surface area contributed by atoms with Crippen LogP contribution in [0.1, 0.15) is 38.2 Å². The van der Waals surface area contributed by atoms with Crippen molar-refractivity contribution in [3.8, 4) is 0 Å². The molecule has 0 aliphatic carbocycles. The van der Waals surface area contributed by atoms with Gasteiger partial charge in [-0.25, -0.2) is 4.79 Å². The Morgan fingerprint density at radius 2 is 1.56 bits per heavy atom. The van der Waals surface area contributed by atoms with Crippen molar-refractivity contribution < 1.29 is 34.2 Å². The van der Waals surface area contributed by atoms with E-state index in [0.717, 1.165) is 10.9 Å². The molecule has 14 nitrogen and oxygen atoms in total. The van der Waals surface area contributed by atoms with Gasteiger partial charge in [0.15, 0.2) is 0 Å². The molecule has 2 rings (SSSR count). The number of fused-ring (bicyclic) bond motifs is 1. The van der Waals surface area contributed by atoms with Crippen molar-refractivity contribution in [3.05, 3.63) is 36.0 Å². The predicted molar refractivity (Wildman–Crippen MR) is 142 cm³/mol. The number of rotatable bonds is 16. The number of nitrogens with one attached hydrogen (secondary N) is 4. The molecule has 0 radical (unpaired) electrons. The van der Waals surface area contributed by atoms with Crippen LogP contribution in [0.2, 0.25) is 0 Å². The molecule has 0 saturated heterocycles. The maximum atomic E-state index is 13.3. The van der Waals surface area contributed by atoms with Gasteiger partial charge in [0.1, 0.15) is 24.2 Å². The van der Waals surface area contributed by atoms with Gasteiger partial charge in [-0.05, 0) is 44.4 Å². The average molecular weight is 548 g/mol. The second-order valence-corrected chi connectivity index (χ2v) is 9.31. The molecule has 4 amide bonds. The van der Waals surface area contributed by atoms with Gasteiger partial charge in [0.25, 0.3) is 0 Å². The summed E-state index contributed by atoms with van der Waals surface area (Å²) >= 11 is 0. The molecule has 0 aliphatic rings. The van der Waals surface area contributed by atoms with E-state index in [1.165, 1.54) is 6.92 Å². The highest BCUT2D eigenvalue weighted by molar-refractivity contribution is 5.95. The van der Waals surface area contributed by atoms with Gasteiger partial charge in [-0.3, -0.25) is 19.2 Å². The lowest BCUT2D eigenvalue weighted by atomic mass is 10.0. The number of amides is 4. The topological polar surface area (TPSA) is 256 Å². The van der Waals surface area contributed by atoms with Crippen LogP contribution in [0.5, 0.6) is 0 Å². The van der Waals surface area contributed by atoms with Crippen LogP contribution in [0.3, 0.4) is 0 Å². The first kappa shape index (κ1) is 31.2. The summed E-state index contributed by atoms with van der Waals surface area (Å²) in [5.74, 6) is -4.76. The smallest absolute Gasteiger partial charge is 0.326 e. The van der Waals surface area contributed by atoms with E-state index in [4.69, 9.17) is 17.2 Å². The number of aliphatic hydroxyl groups excluding tert-OH is 1. The summed E-state index contributed by atoms with van der Waals surface area (Å²) in [6.07, 6.45) is 1.01. The Labute approximate surface area is 225 Å². The van der Waals surface area contributed by atoms with Crippen LogP contribution < -0.4 is 33.2 Å². The molecule has 0 saturated carbocycles. The zero-order chi connectivity index (χ0) is 29.1. The van der Waals surface area contributed by atoms with Crippen molar-refractivity contribution in [1.82, 2.24) is 20.9 Å². The number of H-pyrrole nitrogens is 1. The van der Waals surface area contributed by atoms with E-state index in [0.29, 0.717) is 24.9 Å². The molecule has 2 aromatic rings. The predicted octanol–water partition coefficient (Wildman–Crippen LogP) is -2.04. The van der Waals surface area contributed by atoms with Gasteiger partial charge in [0.2, 0.25) is 23.6 Å². The molecule has 1 heterocycles. The van der Waals surface area contributed by atoms with Gasteiger partial charge in [-0.15, -0.1) is 0 Å². The number of aliphatic hydroxyl groups is 1. The number of carboxylic acids is 1. The van der Waals surface area contributed by atoms with Gasteiger partial charge >= 0.3 is 5.97 Å². The number of carbonyl (C=O) groups is 5. The molecule has 0 spiro atoms. The third-order valence-electron chi connectivity index (χ3n) is 6.15. The number of nitrogens with two attached hydrogens (primary N) is 3. The van der Waals surface area contributed by atoms with Crippen molar-refractivity contribution in [2.24, 2.45) is 17.2 Å². The molecule has 1 aromatic carbocycles. The summed E-state index contributed by atoms with van der Waals surface area (Å²) in [4.78, 5) is 65.0. The van der Waals surface area contributed by atoms with Crippen LogP contribution >= 0.6 is 0 Å². The summed E-state index contributed by atoms with van der Waals surface area (Å²) in [7, 11) is 0. The van der Waals surface area contributed by atoms with Gasteiger partial charge in [0.05, 0.1) is 12.5 Å². The summed E-state index contributed by atoms with van der Waals surface area (Å²) in [6.45, 7) is 1.69. The first-order valence-electron chi connectivity index (χ1n) is 12.6. The Hall–Kier alpha value is -4.01. The lowest BCUT2D eigenvalue weighted by Gasteiger charge is -2.25. The highest BCUT2D eigenvalue weighted by Gasteiger charge is 2.32. The molecule has 0 aliphatic heterocycles. The van der Waals surface area contributed by atoms with Crippen LogP contribution in [-0.2, 0) is 30.4 Å². The van der Waals surface area contributed by atoms with Crippen LogP contribution in [-0.4, -0.2) is 81.6 Å². The molecule has 0 fully saturated rings. The Bertz CT molecular complexity index is 1170. The average Bonchev–Trinajstić information content (AvgIpc) is 3.29. The molecule has 214 valence electrons. The van der Waals surface area contributed by atoms with Crippen molar-refractivity contribution in [1.29, 1.82) is 0 Å². The van der Waals surface area contributed by atoms with Crippen LogP contribution in [0.25, 0.3) is 10.9 Å². The highest BCUT2D eigenvalue weighted by atomic mass is 16.4. The number of carbonyl (C=O) groups excluding carboxylic acids is 4. The number of hydrogen-bond donors (Lipinski definition) is 9. The van der Waals surface area contributed by atoms with E-state index >= 15 is 0 Å². The SMILES string of the molecule is CC(O)C(N)C(=O)NC(CCCCN)C(=O)NC(Cc1c[nH]c2ccccc12)C(=O)NC(CC(N)=O)C(=O)O. The summed E-state index contributed by atoms with van der Waals surface area (Å²) in [5.41, 5.74) is 17.8. The number of aromatic nitrogens is 1. The van der Waals surface area contributed by atoms with Crippen molar-refractivity contribution in [2.45, 2.75) is 69.3 Å². The summed E-state index contributed by atoms with van der Waals surface area (Å²) < 4.78 is 0. The maximum Gasteiger partial charge on any atom is 0.326 e. The molecule has 12 N–H and O–H groups in total. The van der Waals surface area contributed by atoms with E-state index in [-0.39, 0.29) is 12.8 Å². The van der Waals surface area contributed by atoms with Crippen molar-refractivity contribution in [2.75, 3.05) is 6.54 Å². The van der Waals surface area contributed by atoms with Gasteiger partial charge in [-0.1, -0.05) is 18.2 Å². The lowest BCUT2D eigenvalue weighted by Crippen LogP contribution is -2.58. The number of carboxylic acid groups (broad SMARTS) is 1. The van der Waals surface area contributed by atoms with Gasteiger partial charge in [-0.2, -0.15) is 0 Å². The van der Waals surface area contributed by atoms with E-state index < -0.39 is 66.3 Å². The Balaban J connectivity index is 2.33. The number of benzene rings is 1. The minimum atomic E-state index is -1.61. The lowest BCUT2D eigenvalue weighted by molar-refractivity contribution is -0.143. The molecular weight excluding hydrogens is 510 g/mol. The second-order valence-electron chi connectivity index (χ2n) is 9.31. The molecule has 0 bridgehead atoms. The summed E-state index contributed by atoms with van der Waals surface area (Å²) in [5, 5.41) is 27.2. The fraction of sp³-hybridized carbons (Fsp3) is 0.480. The Morgan fingerprint density at radius 3 is 2.18 bits per heavy atom. The molecule has 5 atom stereocenters. The number of primary amides is 1. The summed E-state index contributed by atoms with van der Waals surface area (Å²) in [6, 6.07) is 1.97. The maximum absolute atomic E-state index is 13.3. The van der Waals surface area contributed by atoms with Crippen LogP contribution in [0.4, 0.5) is 0 Å². The van der Waals surface area contributed by atoms with Crippen LogP contribution in [0.15, 0.2) is 30.5 Å². The molecule has 1 aromatic heterocycles. The molecular formula is C25H37N7O7. The largest absolute Gasteiger partial charge is 0.480 e. The number of aromatic amines is 1. The minimum absolute atomic E-state index is 0.0405. The minimum Gasteiger partial charge on any atom is -0.480 e. The number of aliphatic carboxylic acids is 1. The number of unbranched alkanes of at least 4 members (excludes halogenated alkanes) is 1. The fourth-order valence-electron chi connectivity index (χ4n) is 3.92. The van der Waals surface area contributed by atoms with Crippen molar-refractivity contribution in [3.63, 3.8) is 0 Å². The third-order valence-corrected chi connectivity index (χ3v) is 6.15. The standard InChI is InChI=1S/C25H37N7O7/c1-13(33)21(28)24(37)30-17(8-4-5-9-26)22(35)31-18(23(36)32-19(25(38)39)11-20(27)34)10-14-12-29-16-7-3-2-6-15(14)16/h2-3,6-7,12-13,17-19,21,29,33H,4-5,8-11,26,28H2,1H3,(H2,27,34)(H,30,37)(H,31,35)(H,32,36)(H,38,39). The molecule has 5 unspecified atom stereocenters. The Morgan fingerprint density at radius 1 is 0.949 bits per heavy atom. The number of hydrogen-bond acceptors (Lipinski definition) is 8. The molecule has 14 heteroatoms. The van der Waals surface area contributed by atoms with Gasteiger partial charge < -0.3 is 48.3 Å². The zero-order valence-corrected chi connectivity index (χ0v) is 21.7. The quantitative estimate of drug-likeness (QED) is 0.105. The van der Waals surface area contributed by atoms with Crippen molar-refractivity contribution >= 4 is 40.5 Å². The van der Waals surface area contributed by atoms with E-state index in [1.807, 2.05) is 18.2 Å². The fourth-order valence-corrected chi connectivity index (χ4v) is 3.92. The second kappa shape index (κ2) is 14.8. The highest BCUT2D eigenvalue weighted by Crippen LogP contribution is 2.19. The van der Waals surface area contributed by atoms with E-state index in [2.05, 4.69) is 20.9 Å². The molecule has 39 heavy (non-hydrogen) atoms. The number of para-hydroxylation sites is 1. The first-order chi connectivity index (χ1) is 18.4. The third kappa shape index (κ3) is 9.35. The monoisotopic (exact) mass is 547 g/mol. The van der Waals surface area contributed by atoms with E-state index in [9.17, 15) is 34.2 Å². The normalized spacial score (nSPS) is 15.0. The zero-order valence-electron chi connectivity index (χ0n) is 21.7. The Kier molecular flexibility index (Phi) is 11.8.